The summed E-state index contributed by atoms with van der Waals surface area (Å²) in [5.74, 6) is -0.168. The van der Waals surface area contributed by atoms with E-state index >= 15 is 0 Å². The highest BCUT2D eigenvalue weighted by Gasteiger charge is 1.91. The Kier molecular flexibility index (Phi) is 6.68. The number of azide groups is 1. The van der Waals surface area contributed by atoms with Gasteiger partial charge in [-0.3, -0.25) is 4.79 Å². The van der Waals surface area contributed by atoms with E-state index in [9.17, 15) is 4.79 Å². The predicted molar refractivity (Wildman–Crippen MR) is 46.5 cm³/mol. The number of nitrogens with zero attached hydrogens (tertiary/aromatic N) is 3. The lowest BCUT2D eigenvalue weighted by atomic mass is 10.3. The van der Waals surface area contributed by atoms with Crippen molar-refractivity contribution >= 4 is 5.91 Å². The first-order valence-corrected chi connectivity index (χ1v) is 3.72. The molecule has 0 saturated heterocycles. The van der Waals surface area contributed by atoms with Gasteiger partial charge in [-0.05, 0) is 24.4 Å². The van der Waals surface area contributed by atoms with E-state index in [0.717, 1.165) is 12.8 Å². The highest BCUT2D eigenvalue weighted by Crippen LogP contribution is 1.87. The maximum Gasteiger partial charge on any atom is 0.243 e. The van der Waals surface area contributed by atoms with Crippen molar-refractivity contribution in [1.82, 2.24) is 5.32 Å². The van der Waals surface area contributed by atoms with Crippen LogP contribution < -0.4 is 5.32 Å². The summed E-state index contributed by atoms with van der Waals surface area (Å²) < 4.78 is 0. The van der Waals surface area contributed by atoms with Crippen LogP contribution in [0.3, 0.4) is 0 Å². The second-order valence-corrected chi connectivity index (χ2v) is 2.16. The van der Waals surface area contributed by atoms with Gasteiger partial charge in [0.05, 0.1) is 0 Å². The van der Waals surface area contributed by atoms with Gasteiger partial charge in [0, 0.05) is 18.0 Å². The minimum Gasteiger partial charge on any atom is -0.353 e. The Balaban J connectivity index is 3.15. The Morgan fingerprint density at radius 2 is 2.42 bits per heavy atom. The zero-order valence-electron chi connectivity index (χ0n) is 6.86. The first-order valence-electron chi connectivity index (χ1n) is 3.72. The minimum atomic E-state index is -0.168. The van der Waals surface area contributed by atoms with Gasteiger partial charge in [-0.25, -0.2) is 0 Å². The highest BCUT2D eigenvalue weighted by atomic mass is 16.1. The zero-order chi connectivity index (χ0) is 9.23. The molecule has 0 fully saturated rings. The lowest BCUT2D eigenvalue weighted by Gasteiger charge is -1.98. The van der Waals surface area contributed by atoms with Crippen LogP contribution in [0.2, 0.25) is 0 Å². The van der Waals surface area contributed by atoms with E-state index in [2.05, 4.69) is 21.9 Å². The Labute approximate surface area is 71.1 Å². The van der Waals surface area contributed by atoms with Gasteiger partial charge in [0.15, 0.2) is 0 Å². The monoisotopic (exact) mass is 168 g/mol. The number of nitrogens with one attached hydrogen (secondary N) is 1. The molecule has 1 amide bonds. The molecule has 66 valence electrons. The van der Waals surface area contributed by atoms with Crippen LogP contribution in [0.5, 0.6) is 0 Å². The fraction of sp³-hybridized carbons (Fsp3) is 0.571. The topological polar surface area (TPSA) is 77.9 Å². The number of unbranched alkanes of at least 4 members (excludes halogenated alkanes) is 1. The molecule has 1 N–H and O–H groups in total. The van der Waals surface area contributed by atoms with E-state index < -0.39 is 0 Å². The quantitative estimate of drug-likeness (QED) is 0.210. The number of hydrogen-bond acceptors (Lipinski definition) is 2. The molecule has 0 bridgehead atoms. The summed E-state index contributed by atoms with van der Waals surface area (Å²) in [5, 5.41) is 5.97. The molecular weight excluding hydrogens is 156 g/mol. The van der Waals surface area contributed by atoms with Gasteiger partial charge in [-0.15, -0.1) is 0 Å². The Morgan fingerprint density at radius 3 is 3.00 bits per heavy atom. The highest BCUT2D eigenvalue weighted by molar-refractivity contribution is 5.86. The molecule has 0 aliphatic carbocycles. The van der Waals surface area contributed by atoms with E-state index in [1.807, 2.05) is 0 Å². The van der Waals surface area contributed by atoms with Gasteiger partial charge in [-0.1, -0.05) is 11.7 Å². The first-order chi connectivity index (χ1) is 5.81. The summed E-state index contributed by atoms with van der Waals surface area (Å²) in [5.41, 5.74) is 7.92. The van der Waals surface area contributed by atoms with E-state index in [1.165, 1.54) is 6.08 Å². The van der Waals surface area contributed by atoms with Gasteiger partial charge in [0.25, 0.3) is 0 Å². The molecule has 0 spiro atoms. The van der Waals surface area contributed by atoms with Crippen LogP contribution in [0, 0.1) is 0 Å². The standard InChI is InChI=1S/C7H12N4O/c1-2-7(12)9-5-3-4-6-10-11-8/h2H,1,3-6H2,(H,9,12). The van der Waals surface area contributed by atoms with E-state index in [-0.39, 0.29) is 5.91 Å². The van der Waals surface area contributed by atoms with Crippen molar-refractivity contribution in [3.05, 3.63) is 23.1 Å². The van der Waals surface area contributed by atoms with Crippen molar-refractivity contribution in [3.63, 3.8) is 0 Å². The summed E-state index contributed by atoms with van der Waals surface area (Å²) in [6, 6.07) is 0. The third-order valence-electron chi connectivity index (χ3n) is 1.23. The molecule has 5 heteroatoms. The van der Waals surface area contributed by atoms with Crippen molar-refractivity contribution < 1.29 is 4.79 Å². The van der Waals surface area contributed by atoms with Gasteiger partial charge in [0.1, 0.15) is 0 Å². The minimum absolute atomic E-state index is 0.168. The Morgan fingerprint density at radius 1 is 1.67 bits per heavy atom. The molecule has 0 rings (SSSR count). The van der Waals surface area contributed by atoms with Crippen LogP contribution in [0.4, 0.5) is 0 Å². The Hall–Kier alpha value is -1.48. The smallest absolute Gasteiger partial charge is 0.243 e. The third-order valence-corrected chi connectivity index (χ3v) is 1.23. The first kappa shape index (κ1) is 10.5. The SMILES string of the molecule is C=CC(=O)NCCCCN=[N+]=[N-]. The average Bonchev–Trinajstić information content (AvgIpc) is 2.10. The molecule has 0 aromatic heterocycles. The summed E-state index contributed by atoms with van der Waals surface area (Å²) in [6.07, 6.45) is 2.84. The average molecular weight is 168 g/mol. The van der Waals surface area contributed by atoms with Crippen molar-refractivity contribution in [2.45, 2.75) is 12.8 Å². The molecule has 0 aliphatic rings. The molecular formula is C7H12N4O. The van der Waals surface area contributed by atoms with Crippen LogP contribution >= 0.6 is 0 Å². The number of carbonyl (C=O) groups excluding carboxylic acids is 1. The van der Waals surface area contributed by atoms with Gasteiger partial charge in [-0.2, -0.15) is 0 Å². The fourth-order valence-electron chi connectivity index (χ4n) is 0.636. The van der Waals surface area contributed by atoms with Crippen molar-refractivity contribution in [3.8, 4) is 0 Å². The second kappa shape index (κ2) is 7.63. The van der Waals surface area contributed by atoms with E-state index in [1.54, 1.807) is 0 Å². The zero-order valence-corrected chi connectivity index (χ0v) is 6.86. The summed E-state index contributed by atoms with van der Waals surface area (Å²) in [4.78, 5) is 13.2. The van der Waals surface area contributed by atoms with Crippen molar-refractivity contribution in [1.29, 1.82) is 0 Å². The van der Waals surface area contributed by atoms with Crippen LogP contribution in [0.25, 0.3) is 10.4 Å². The van der Waals surface area contributed by atoms with Gasteiger partial charge in [0.2, 0.25) is 5.91 Å². The lowest BCUT2D eigenvalue weighted by Crippen LogP contribution is -2.21. The lowest BCUT2D eigenvalue weighted by molar-refractivity contribution is -0.116. The molecule has 0 radical (unpaired) electrons. The van der Waals surface area contributed by atoms with Crippen LogP contribution in [0.15, 0.2) is 17.8 Å². The number of amides is 1. The number of rotatable bonds is 6. The largest absolute Gasteiger partial charge is 0.353 e. The number of carbonyl (C=O) groups is 1. The van der Waals surface area contributed by atoms with Gasteiger partial charge >= 0.3 is 0 Å². The van der Waals surface area contributed by atoms with Crippen LogP contribution in [0.1, 0.15) is 12.8 Å². The summed E-state index contributed by atoms with van der Waals surface area (Å²) in [7, 11) is 0. The molecule has 0 atom stereocenters. The van der Waals surface area contributed by atoms with Crippen LogP contribution in [-0.4, -0.2) is 19.0 Å². The second-order valence-electron chi connectivity index (χ2n) is 2.16. The number of hydrogen-bond donors (Lipinski definition) is 1. The maximum atomic E-state index is 10.6. The molecule has 0 aromatic carbocycles. The normalized spacial score (nSPS) is 8.33. The van der Waals surface area contributed by atoms with Crippen LogP contribution in [-0.2, 0) is 4.79 Å². The third kappa shape index (κ3) is 6.64. The molecule has 0 aromatic rings. The van der Waals surface area contributed by atoms with Crippen molar-refractivity contribution in [2.75, 3.05) is 13.1 Å². The van der Waals surface area contributed by atoms with Gasteiger partial charge < -0.3 is 5.32 Å². The molecule has 0 heterocycles. The molecule has 0 unspecified atom stereocenters. The summed E-state index contributed by atoms with van der Waals surface area (Å²) in [6.45, 7) is 4.40. The maximum absolute atomic E-state index is 10.6. The van der Waals surface area contributed by atoms with E-state index in [0.29, 0.717) is 13.1 Å². The molecule has 0 saturated carbocycles. The van der Waals surface area contributed by atoms with E-state index in [4.69, 9.17) is 5.53 Å². The Bertz CT molecular complexity index is 196. The predicted octanol–water partition coefficient (Wildman–Crippen LogP) is 1.38. The fourth-order valence-corrected chi connectivity index (χ4v) is 0.636. The molecule has 12 heavy (non-hydrogen) atoms. The summed E-state index contributed by atoms with van der Waals surface area (Å²) >= 11 is 0. The van der Waals surface area contributed by atoms with Crippen molar-refractivity contribution in [2.24, 2.45) is 5.11 Å². The molecule has 0 aliphatic heterocycles. The molecule has 5 nitrogen and oxygen atoms in total.